The molecular formula is C13H15Br2NO3. The summed E-state index contributed by atoms with van der Waals surface area (Å²) in [5.74, 6) is -1.30. The van der Waals surface area contributed by atoms with E-state index in [1.807, 2.05) is 20.8 Å². The van der Waals surface area contributed by atoms with Crippen molar-refractivity contribution in [3.05, 3.63) is 26.6 Å². The van der Waals surface area contributed by atoms with Crippen molar-refractivity contribution in [1.29, 1.82) is 0 Å². The summed E-state index contributed by atoms with van der Waals surface area (Å²) >= 11 is 6.49. The molecule has 1 aromatic rings. The van der Waals surface area contributed by atoms with E-state index in [0.717, 1.165) is 0 Å². The van der Waals surface area contributed by atoms with Crippen LogP contribution in [0, 0.1) is 5.41 Å². The van der Waals surface area contributed by atoms with Crippen molar-refractivity contribution in [2.45, 2.75) is 27.2 Å². The molecule has 0 unspecified atom stereocenters. The third kappa shape index (κ3) is 4.95. The minimum absolute atomic E-state index is 0.0449. The van der Waals surface area contributed by atoms with Crippen molar-refractivity contribution in [2.24, 2.45) is 5.41 Å². The number of hydrogen-bond donors (Lipinski definition) is 2. The van der Waals surface area contributed by atoms with E-state index in [9.17, 15) is 9.59 Å². The Morgan fingerprint density at radius 1 is 1.26 bits per heavy atom. The number of hydrogen-bond acceptors (Lipinski definition) is 2. The van der Waals surface area contributed by atoms with Crippen LogP contribution in [0.15, 0.2) is 21.1 Å². The molecule has 0 spiro atoms. The van der Waals surface area contributed by atoms with Crippen LogP contribution in [0.1, 0.15) is 37.6 Å². The van der Waals surface area contributed by atoms with Crippen LogP contribution < -0.4 is 5.32 Å². The van der Waals surface area contributed by atoms with E-state index in [1.165, 1.54) is 6.07 Å². The minimum Gasteiger partial charge on any atom is -0.478 e. The number of rotatable bonds is 3. The summed E-state index contributed by atoms with van der Waals surface area (Å²) in [4.78, 5) is 23.1. The highest BCUT2D eigenvalue weighted by atomic mass is 79.9. The van der Waals surface area contributed by atoms with E-state index < -0.39 is 5.97 Å². The van der Waals surface area contributed by atoms with Crippen LogP contribution in [0.3, 0.4) is 0 Å². The van der Waals surface area contributed by atoms with Gasteiger partial charge in [-0.3, -0.25) is 4.79 Å². The number of anilines is 1. The first-order valence-electron chi connectivity index (χ1n) is 5.62. The lowest BCUT2D eigenvalue weighted by atomic mass is 9.92. The van der Waals surface area contributed by atoms with E-state index in [2.05, 4.69) is 37.2 Å². The molecule has 4 nitrogen and oxygen atoms in total. The summed E-state index contributed by atoms with van der Waals surface area (Å²) in [6.07, 6.45) is 0.314. The third-order valence-electron chi connectivity index (χ3n) is 2.24. The monoisotopic (exact) mass is 391 g/mol. The molecule has 0 aliphatic carbocycles. The standard InChI is InChI=1S/C13H15Br2NO3/c1-13(2,3)6-10(17)16-11-8(12(18)19)4-7(14)5-9(11)15/h4-5H,6H2,1-3H3,(H,16,17)(H,18,19). The SMILES string of the molecule is CC(C)(C)CC(=O)Nc1c(Br)cc(Br)cc1C(=O)O. The molecule has 0 aliphatic rings. The number of halogens is 2. The van der Waals surface area contributed by atoms with Crippen LogP contribution in [0.25, 0.3) is 0 Å². The Balaban J connectivity index is 3.07. The maximum Gasteiger partial charge on any atom is 0.337 e. The largest absolute Gasteiger partial charge is 0.478 e. The zero-order chi connectivity index (χ0) is 14.8. The highest BCUT2D eigenvalue weighted by Crippen LogP contribution is 2.31. The second-order valence-corrected chi connectivity index (χ2v) is 7.17. The summed E-state index contributed by atoms with van der Waals surface area (Å²) < 4.78 is 1.16. The molecule has 0 aromatic heterocycles. The van der Waals surface area contributed by atoms with Gasteiger partial charge in [0.2, 0.25) is 5.91 Å². The molecule has 0 fully saturated rings. The van der Waals surface area contributed by atoms with Crippen LogP contribution in [-0.2, 0) is 4.79 Å². The minimum atomic E-state index is -1.09. The average molecular weight is 393 g/mol. The molecule has 0 saturated carbocycles. The molecule has 1 amide bonds. The molecular weight excluding hydrogens is 378 g/mol. The lowest BCUT2D eigenvalue weighted by molar-refractivity contribution is -0.117. The van der Waals surface area contributed by atoms with Gasteiger partial charge < -0.3 is 10.4 Å². The molecule has 104 valence electrons. The normalized spacial score (nSPS) is 11.2. The number of aromatic carboxylic acids is 1. The van der Waals surface area contributed by atoms with Crippen molar-refractivity contribution in [2.75, 3.05) is 5.32 Å². The van der Waals surface area contributed by atoms with Gasteiger partial charge in [-0.15, -0.1) is 0 Å². The van der Waals surface area contributed by atoms with Gasteiger partial charge in [0.15, 0.2) is 0 Å². The van der Waals surface area contributed by atoms with Crippen molar-refractivity contribution in [3.8, 4) is 0 Å². The maximum absolute atomic E-state index is 11.9. The molecule has 2 N–H and O–H groups in total. The first-order chi connectivity index (χ1) is 8.60. The molecule has 1 aromatic carbocycles. The Morgan fingerprint density at radius 2 is 1.84 bits per heavy atom. The number of carboxylic acid groups (broad SMARTS) is 1. The predicted molar refractivity (Wildman–Crippen MR) is 81.5 cm³/mol. The Hall–Kier alpha value is -0.880. The molecule has 1 rings (SSSR count). The van der Waals surface area contributed by atoms with E-state index >= 15 is 0 Å². The number of carbonyl (C=O) groups excluding carboxylic acids is 1. The Bertz CT molecular complexity index is 521. The van der Waals surface area contributed by atoms with E-state index in [-0.39, 0.29) is 22.6 Å². The van der Waals surface area contributed by atoms with Crippen LogP contribution in [-0.4, -0.2) is 17.0 Å². The van der Waals surface area contributed by atoms with E-state index in [1.54, 1.807) is 6.07 Å². The molecule has 0 radical (unpaired) electrons. The lowest BCUT2D eigenvalue weighted by Crippen LogP contribution is -2.21. The van der Waals surface area contributed by atoms with Crippen LogP contribution in [0.4, 0.5) is 5.69 Å². The van der Waals surface area contributed by atoms with E-state index in [4.69, 9.17) is 5.11 Å². The fraction of sp³-hybridized carbons (Fsp3) is 0.385. The topological polar surface area (TPSA) is 66.4 Å². The molecule has 6 heteroatoms. The van der Waals surface area contributed by atoms with Crippen molar-refractivity contribution >= 4 is 49.4 Å². The quantitative estimate of drug-likeness (QED) is 0.806. The van der Waals surface area contributed by atoms with Gasteiger partial charge >= 0.3 is 5.97 Å². The second-order valence-electron chi connectivity index (χ2n) is 5.40. The van der Waals surface area contributed by atoms with Crippen LogP contribution >= 0.6 is 31.9 Å². The molecule has 0 saturated heterocycles. The highest BCUT2D eigenvalue weighted by molar-refractivity contribution is 9.11. The number of carbonyl (C=O) groups is 2. The first kappa shape index (κ1) is 16.2. The summed E-state index contributed by atoms with van der Waals surface area (Å²) in [5, 5.41) is 11.8. The van der Waals surface area contributed by atoms with Gasteiger partial charge in [0.05, 0.1) is 11.3 Å². The summed E-state index contributed by atoms with van der Waals surface area (Å²) in [6, 6.07) is 3.15. The number of carboxylic acids is 1. The molecule has 0 bridgehead atoms. The van der Waals surface area contributed by atoms with Crippen molar-refractivity contribution in [1.82, 2.24) is 0 Å². The Kier molecular flexibility index (Phi) is 5.15. The van der Waals surface area contributed by atoms with Gasteiger partial charge in [-0.1, -0.05) is 36.7 Å². The van der Waals surface area contributed by atoms with Gasteiger partial charge in [0.1, 0.15) is 0 Å². The lowest BCUT2D eigenvalue weighted by Gasteiger charge is -2.18. The van der Waals surface area contributed by atoms with Gasteiger partial charge in [0, 0.05) is 15.4 Å². The van der Waals surface area contributed by atoms with Gasteiger partial charge in [0.25, 0.3) is 0 Å². The second kappa shape index (κ2) is 6.05. The summed E-state index contributed by atoms with van der Waals surface area (Å²) in [6.45, 7) is 5.84. The van der Waals surface area contributed by atoms with Gasteiger partial charge in [-0.25, -0.2) is 4.79 Å². The molecule has 0 atom stereocenters. The maximum atomic E-state index is 11.9. The fourth-order valence-corrected chi connectivity index (χ4v) is 2.86. The number of nitrogens with one attached hydrogen (secondary N) is 1. The van der Waals surface area contributed by atoms with Gasteiger partial charge in [-0.05, 0) is 33.5 Å². The van der Waals surface area contributed by atoms with Crippen LogP contribution in [0.2, 0.25) is 0 Å². The summed E-state index contributed by atoms with van der Waals surface area (Å²) in [7, 11) is 0. The van der Waals surface area contributed by atoms with E-state index in [0.29, 0.717) is 15.4 Å². The average Bonchev–Trinajstić information content (AvgIpc) is 2.18. The number of benzene rings is 1. The van der Waals surface area contributed by atoms with Crippen molar-refractivity contribution in [3.63, 3.8) is 0 Å². The fourth-order valence-electron chi connectivity index (χ4n) is 1.53. The molecule has 0 heterocycles. The Morgan fingerprint density at radius 3 is 2.32 bits per heavy atom. The van der Waals surface area contributed by atoms with Crippen LogP contribution in [0.5, 0.6) is 0 Å². The summed E-state index contributed by atoms with van der Waals surface area (Å²) in [5.41, 5.74) is 0.170. The molecule has 19 heavy (non-hydrogen) atoms. The zero-order valence-electron chi connectivity index (χ0n) is 10.9. The highest BCUT2D eigenvalue weighted by Gasteiger charge is 2.20. The third-order valence-corrected chi connectivity index (χ3v) is 3.32. The molecule has 0 aliphatic heterocycles. The van der Waals surface area contributed by atoms with Crippen molar-refractivity contribution < 1.29 is 14.7 Å². The Labute approximate surface area is 128 Å². The smallest absolute Gasteiger partial charge is 0.337 e. The first-order valence-corrected chi connectivity index (χ1v) is 7.21. The zero-order valence-corrected chi connectivity index (χ0v) is 14.1. The number of amides is 1. The predicted octanol–water partition coefficient (Wildman–Crippen LogP) is 4.28. The van der Waals surface area contributed by atoms with Gasteiger partial charge in [-0.2, -0.15) is 0 Å².